The van der Waals surface area contributed by atoms with Crippen molar-refractivity contribution in [3.05, 3.63) is 72.9 Å². The molecule has 0 aliphatic carbocycles. The van der Waals surface area contributed by atoms with Crippen LogP contribution >= 0.6 is 0 Å². The average Bonchev–Trinajstić information content (AvgIpc) is 2.56. The largest absolute Gasteiger partial charge is 0.497 e. The minimum absolute atomic E-state index is 0.838. The van der Waals surface area contributed by atoms with E-state index in [1.807, 2.05) is 54.7 Å². The zero-order valence-corrected chi connectivity index (χ0v) is 11.3. The summed E-state index contributed by atoms with van der Waals surface area (Å²) in [6, 6.07) is 22.3. The summed E-state index contributed by atoms with van der Waals surface area (Å²) in [6.45, 7) is 0. The zero-order chi connectivity index (χ0) is 13.8. The van der Waals surface area contributed by atoms with Crippen LogP contribution in [0.1, 0.15) is 0 Å². The maximum atomic E-state index is 5.34. The van der Waals surface area contributed by atoms with Crippen molar-refractivity contribution in [1.29, 1.82) is 0 Å². The molecule has 0 aliphatic rings. The number of methoxy groups -OCH3 is 1. The Morgan fingerprint density at radius 2 is 1.60 bits per heavy atom. The molecule has 0 bridgehead atoms. The molecule has 0 aliphatic heterocycles. The van der Waals surface area contributed by atoms with Gasteiger partial charge in [-0.1, -0.05) is 42.5 Å². The van der Waals surface area contributed by atoms with Crippen molar-refractivity contribution in [2.75, 3.05) is 7.11 Å². The second-order valence-electron chi connectivity index (χ2n) is 4.49. The van der Waals surface area contributed by atoms with Gasteiger partial charge < -0.3 is 4.74 Å². The number of hydrogen-bond acceptors (Lipinski definition) is 2. The van der Waals surface area contributed by atoms with Gasteiger partial charge in [0.1, 0.15) is 5.75 Å². The van der Waals surface area contributed by atoms with Gasteiger partial charge in [-0.15, -0.1) is 0 Å². The molecule has 0 atom stereocenters. The third-order valence-corrected chi connectivity index (χ3v) is 3.25. The van der Waals surface area contributed by atoms with Gasteiger partial charge in [0.25, 0.3) is 0 Å². The van der Waals surface area contributed by atoms with Gasteiger partial charge in [0.15, 0.2) is 0 Å². The van der Waals surface area contributed by atoms with E-state index in [4.69, 9.17) is 4.74 Å². The quantitative estimate of drug-likeness (QED) is 0.696. The molecular formula is C18H15NO. The Morgan fingerprint density at radius 3 is 2.30 bits per heavy atom. The number of ether oxygens (including phenoxy) is 1. The number of rotatable bonds is 3. The fourth-order valence-corrected chi connectivity index (χ4v) is 2.25. The third kappa shape index (κ3) is 2.41. The summed E-state index contributed by atoms with van der Waals surface area (Å²) in [5.74, 6) is 0.838. The highest BCUT2D eigenvalue weighted by molar-refractivity contribution is 5.82. The number of pyridine rings is 1. The van der Waals surface area contributed by atoms with Gasteiger partial charge in [-0.2, -0.15) is 0 Å². The topological polar surface area (TPSA) is 22.1 Å². The fraction of sp³-hybridized carbons (Fsp3) is 0.0556. The summed E-state index contributed by atoms with van der Waals surface area (Å²) in [6.07, 6.45) is 1.81. The molecule has 1 heterocycles. The molecule has 0 saturated carbocycles. The number of nitrogens with zero attached hydrogens (tertiary/aromatic N) is 1. The second kappa shape index (κ2) is 5.57. The van der Waals surface area contributed by atoms with Crippen molar-refractivity contribution in [3.63, 3.8) is 0 Å². The van der Waals surface area contributed by atoms with E-state index in [1.165, 1.54) is 5.56 Å². The first-order valence-electron chi connectivity index (χ1n) is 6.53. The second-order valence-corrected chi connectivity index (χ2v) is 4.49. The molecule has 0 unspecified atom stereocenters. The van der Waals surface area contributed by atoms with E-state index in [0.717, 1.165) is 22.6 Å². The molecule has 0 saturated heterocycles. The average molecular weight is 261 g/mol. The van der Waals surface area contributed by atoms with Crippen LogP contribution in [0.2, 0.25) is 0 Å². The first kappa shape index (κ1) is 12.4. The van der Waals surface area contributed by atoms with Crippen LogP contribution in [-0.4, -0.2) is 12.1 Å². The lowest BCUT2D eigenvalue weighted by Gasteiger charge is -2.11. The summed E-state index contributed by atoms with van der Waals surface area (Å²) in [4.78, 5) is 4.45. The molecule has 0 N–H and O–H groups in total. The lowest BCUT2D eigenvalue weighted by molar-refractivity contribution is 0.415. The van der Waals surface area contributed by atoms with Crippen LogP contribution in [0.15, 0.2) is 72.9 Å². The van der Waals surface area contributed by atoms with Crippen LogP contribution in [0.3, 0.4) is 0 Å². The molecular weight excluding hydrogens is 246 g/mol. The molecule has 0 spiro atoms. The summed E-state index contributed by atoms with van der Waals surface area (Å²) < 4.78 is 5.34. The Morgan fingerprint density at radius 1 is 0.800 bits per heavy atom. The van der Waals surface area contributed by atoms with Gasteiger partial charge in [0.05, 0.1) is 12.8 Å². The first-order valence-corrected chi connectivity index (χ1v) is 6.53. The molecule has 0 fully saturated rings. The Hall–Kier alpha value is -2.61. The third-order valence-electron chi connectivity index (χ3n) is 3.25. The molecule has 98 valence electrons. The molecule has 2 nitrogen and oxygen atoms in total. The van der Waals surface area contributed by atoms with E-state index in [2.05, 4.69) is 23.2 Å². The smallest absolute Gasteiger partial charge is 0.119 e. The molecule has 0 radical (unpaired) electrons. The zero-order valence-electron chi connectivity index (χ0n) is 11.3. The van der Waals surface area contributed by atoms with Crippen LogP contribution in [-0.2, 0) is 0 Å². The van der Waals surface area contributed by atoms with Gasteiger partial charge in [-0.3, -0.25) is 4.98 Å². The van der Waals surface area contributed by atoms with Crippen LogP contribution in [0.4, 0.5) is 0 Å². The maximum absolute atomic E-state index is 5.34. The number of hydrogen-bond donors (Lipinski definition) is 0. The fourth-order valence-electron chi connectivity index (χ4n) is 2.25. The Labute approximate surface area is 118 Å². The highest BCUT2D eigenvalue weighted by atomic mass is 16.5. The van der Waals surface area contributed by atoms with Crippen LogP contribution in [0.25, 0.3) is 22.4 Å². The molecule has 20 heavy (non-hydrogen) atoms. The summed E-state index contributed by atoms with van der Waals surface area (Å²) in [5.41, 5.74) is 4.36. The Balaban J connectivity index is 2.20. The van der Waals surface area contributed by atoms with Crippen molar-refractivity contribution < 1.29 is 4.74 Å². The summed E-state index contributed by atoms with van der Waals surface area (Å²) in [7, 11) is 1.68. The van der Waals surface area contributed by atoms with Crippen molar-refractivity contribution in [2.45, 2.75) is 0 Å². The van der Waals surface area contributed by atoms with Gasteiger partial charge in [0, 0.05) is 11.8 Å². The monoisotopic (exact) mass is 261 g/mol. The first-order chi connectivity index (χ1) is 9.88. The lowest BCUT2D eigenvalue weighted by atomic mass is 9.97. The molecule has 3 rings (SSSR count). The van der Waals surface area contributed by atoms with E-state index < -0.39 is 0 Å². The van der Waals surface area contributed by atoms with Gasteiger partial charge >= 0.3 is 0 Å². The van der Waals surface area contributed by atoms with Crippen molar-refractivity contribution in [1.82, 2.24) is 4.98 Å². The summed E-state index contributed by atoms with van der Waals surface area (Å²) in [5, 5.41) is 0. The SMILES string of the molecule is COc1ccc(-c2ccccc2)c(-c2ccccn2)c1. The van der Waals surface area contributed by atoms with Crippen LogP contribution in [0.5, 0.6) is 5.75 Å². The number of benzene rings is 2. The minimum Gasteiger partial charge on any atom is -0.497 e. The van der Waals surface area contributed by atoms with E-state index >= 15 is 0 Å². The molecule has 2 aromatic carbocycles. The minimum atomic E-state index is 0.838. The van der Waals surface area contributed by atoms with E-state index in [0.29, 0.717) is 0 Å². The molecule has 0 amide bonds. The van der Waals surface area contributed by atoms with Gasteiger partial charge in [-0.05, 0) is 35.4 Å². The standard InChI is InChI=1S/C18H15NO/c1-20-15-10-11-16(14-7-3-2-4-8-14)17(13-15)18-9-5-6-12-19-18/h2-13H,1H3. The maximum Gasteiger partial charge on any atom is 0.119 e. The Bertz CT molecular complexity index is 693. The van der Waals surface area contributed by atoms with Gasteiger partial charge in [-0.25, -0.2) is 0 Å². The van der Waals surface area contributed by atoms with E-state index in [1.54, 1.807) is 7.11 Å². The van der Waals surface area contributed by atoms with Crippen LogP contribution in [0, 0.1) is 0 Å². The normalized spacial score (nSPS) is 10.2. The van der Waals surface area contributed by atoms with E-state index in [-0.39, 0.29) is 0 Å². The number of aromatic nitrogens is 1. The van der Waals surface area contributed by atoms with Gasteiger partial charge in [0.2, 0.25) is 0 Å². The predicted octanol–water partition coefficient (Wildman–Crippen LogP) is 4.42. The van der Waals surface area contributed by atoms with Crippen molar-refractivity contribution in [2.24, 2.45) is 0 Å². The molecule has 3 aromatic rings. The van der Waals surface area contributed by atoms with Crippen molar-refractivity contribution in [3.8, 4) is 28.1 Å². The predicted molar refractivity (Wildman–Crippen MR) is 81.7 cm³/mol. The van der Waals surface area contributed by atoms with Crippen molar-refractivity contribution >= 4 is 0 Å². The summed E-state index contributed by atoms with van der Waals surface area (Å²) >= 11 is 0. The van der Waals surface area contributed by atoms with E-state index in [9.17, 15) is 0 Å². The highest BCUT2D eigenvalue weighted by Gasteiger charge is 2.09. The highest BCUT2D eigenvalue weighted by Crippen LogP contribution is 2.33. The molecule has 1 aromatic heterocycles. The lowest BCUT2D eigenvalue weighted by Crippen LogP contribution is -1.90. The van der Waals surface area contributed by atoms with Crippen LogP contribution < -0.4 is 4.74 Å². The molecule has 2 heteroatoms. The Kier molecular flexibility index (Phi) is 3.46.